The van der Waals surface area contributed by atoms with E-state index in [9.17, 15) is 9.90 Å². The van der Waals surface area contributed by atoms with E-state index in [0.717, 1.165) is 25.3 Å². The third-order valence-corrected chi connectivity index (χ3v) is 6.20. The molecule has 2 aromatic carbocycles. The fraction of sp³-hybridized carbons (Fsp3) is 0.292. The molecule has 0 saturated carbocycles. The molecule has 1 atom stereocenters. The van der Waals surface area contributed by atoms with E-state index < -0.39 is 5.60 Å². The molecule has 0 radical (unpaired) electrons. The van der Waals surface area contributed by atoms with Gasteiger partial charge in [-0.2, -0.15) is 0 Å². The minimum absolute atomic E-state index is 0.329. The van der Waals surface area contributed by atoms with E-state index in [0.29, 0.717) is 17.0 Å². The zero-order chi connectivity index (χ0) is 20.7. The largest absolute Gasteiger partial charge is 0.371 e. The molecular weight excluding hydrogens is 380 g/mol. The average molecular weight is 409 g/mol. The molecule has 1 aromatic heterocycles. The van der Waals surface area contributed by atoms with Crippen LogP contribution in [0.15, 0.2) is 78.2 Å². The maximum atomic E-state index is 13.9. The van der Waals surface area contributed by atoms with Gasteiger partial charge >= 0.3 is 0 Å². The molecule has 4 nitrogen and oxygen atoms in total. The van der Waals surface area contributed by atoms with Gasteiger partial charge in [-0.15, -0.1) is 11.3 Å². The summed E-state index contributed by atoms with van der Waals surface area (Å²) in [5, 5.41) is 13.7. The number of rotatable bonds is 9. The van der Waals surface area contributed by atoms with Crippen molar-refractivity contribution < 1.29 is 9.90 Å². The van der Waals surface area contributed by atoms with Gasteiger partial charge < -0.3 is 14.9 Å². The lowest BCUT2D eigenvalue weighted by Gasteiger charge is -2.34. The second kappa shape index (κ2) is 9.83. The first kappa shape index (κ1) is 21.2. The van der Waals surface area contributed by atoms with Crippen LogP contribution < -0.4 is 4.90 Å². The predicted octanol–water partition coefficient (Wildman–Crippen LogP) is 4.36. The van der Waals surface area contributed by atoms with Gasteiger partial charge in [0.25, 0.3) is 5.91 Å². The van der Waals surface area contributed by atoms with E-state index in [1.807, 2.05) is 78.2 Å². The summed E-state index contributed by atoms with van der Waals surface area (Å²) in [5.74, 6) is -0.329. The van der Waals surface area contributed by atoms with Crippen molar-refractivity contribution in [2.45, 2.75) is 19.4 Å². The number of aliphatic hydroxyl groups is 1. The minimum Gasteiger partial charge on any atom is -0.371 e. The van der Waals surface area contributed by atoms with Gasteiger partial charge in [-0.3, -0.25) is 4.79 Å². The zero-order valence-electron chi connectivity index (χ0n) is 17.0. The molecule has 0 spiro atoms. The molecule has 0 fully saturated rings. The minimum atomic E-state index is -1.73. The van der Waals surface area contributed by atoms with E-state index in [-0.39, 0.29) is 5.91 Å². The number of anilines is 1. The van der Waals surface area contributed by atoms with Gasteiger partial charge in [-0.05, 0) is 42.2 Å². The van der Waals surface area contributed by atoms with Crippen LogP contribution in [0.3, 0.4) is 0 Å². The Labute approximate surface area is 177 Å². The monoisotopic (exact) mass is 408 g/mol. The lowest BCUT2D eigenvalue weighted by atomic mass is 9.90. The van der Waals surface area contributed by atoms with Crippen LogP contribution >= 0.6 is 11.3 Å². The van der Waals surface area contributed by atoms with Gasteiger partial charge in [0.1, 0.15) is 0 Å². The number of benzene rings is 2. The standard InChI is InChI=1S/C24H28N2O2S/c1-3-25(4-2)17-18-26(21-14-9-6-10-15-21)23(27)24(28,22-16-11-19-29-22)20-12-7-5-8-13-20/h5-16,19,28H,3-4,17-18H2,1-2H3. The van der Waals surface area contributed by atoms with Gasteiger partial charge in [0.05, 0.1) is 4.88 Å². The highest BCUT2D eigenvalue weighted by atomic mass is 32.1. The van der Waals surface area contributed by atoms with Crippen molar-refractivity contribution in [2.75, 3.05) is 31.1 Å². The van der Waals surface area contributed by atoms with Crippen molar-refractivity contribution >= 4 is 22.9 Å². The Morgan fingerprint density at radius 2 is 1.52 bits per heavy atom. The second-order valence-electron chi connectivity index (χ2n) is 6.87. The van der Waals surface area contributed by atoms with Gasteiger partial charge in [0.2, 0.25) is 5.60 Å². The molecule has 5 heteroatoms. The fourth-order valence-corrected chi connectivity index (χ4v) is 4.30. The van der Waals surface area contributed by atoms with Crippen LogP contribution in [0.4, 0.5) is 5.69 Å². The molecule has 0 aliphatic rings. The molecule has 1 N–H and O–H groups in total. The molecule has 1 amide bonds. The summed E-state index contributed by atoms with van der Waals surface area (Å²) in [7, 11) is 0. The molecule has 0 aliphatic heterocycles. The number of nitrogens with zero attached hydrogens (tertiary/aromatic N) is 2. The highest BCUT2D eigenvalue weighted by Crippen LogP contribution is 2.36. The average Bonchev–Trinajstić information content (AvgIpc) is 3.33. The highest BCUT2D eigenvalue weighted by Gasteiger charge is 2.44. The van der Waals surface area contributed by atoms with Crippen LogP contribution in [-0.4, -0.2) is 42.1 Å². The number of thiophene rings is 1. The molecule has 29 heavy (non-hydrogen) atoms. The first-order chi connectivity index (χ1) is 14.1. The van der Waals surface area contributed by atoms with Crippen molar-refractivity contribution in [1.82, 2.24) is 4.90 Å². The van der Waals surface area contributed by atoms with Crippen molar-refractivity contribution in [3.8, 4) is 0 Å². The number of hydrogen-bond donors (Lipinski definition) is 1. The molecule has 1 heterocycles. The summed E-state index contributed by atoms with van der Waals surface area (Å²) in [6.45, 7) is 7.31. The van der Waals surface area contributed by atoms with E-state index in [1.165, 1.54) is 11.3 Å². The van der Waals surface area contributed by atoms with Gasteiger partial charge in [-0.1, -0.05) is 68.4 Å². The first-order valence-corrected chi connectivity index (χ1v) is 10.9. The number of para-hydroxylation sites is 1. The number of amides is 1. The van der Waals surface area contributed by atoms with Crippen molar-refractivity contribution in [3.05, 3.63) is 88.6 Å². The Balaban J connectivity index is 2.03. The Bertz CT molecular complexity index is 880. The summed E-state index contributed by atoms with van der Waals surface area (Å²) in [6.07, 6.45) is 0. The van der Waals surface area contributed by atoms with Gasteiger partial charge in [0, 0.05) is 18.8 Å². The number of carbonyl (C=O) groups is 1. The van der Waals surface area contributed by atoms with Crippen LogP contribution in [0.1, 0.15) is 24.3 Å². The normalized spacial score (nSPS) is 13.2. The zero-order valence-corrected chi connectivity index (χ0v) is 17.8. The number of carbonyl (C=O) groups excluding carboxylic acids is 1. The van der Waals surface area contributed by atoms with Crippen LogP contribution in [0, 0.1) is 0 Å². The van der Waals surface area contributed by atoms with Crippen molar-refractivity contribution in [3.63, 3.8) is 0 Å². The molecule has 0 saturated heterocycles. The maximum absolute atomic E-state index is 13.9. The molecule has 0 bridgehead atoms. The van der Waals surface area contributed by atoms with E-state index in [1.54, 1.807) is 4.90 Å². The van der Waals surface area contributed by atoms with Crippen LogP contribution in [0.2, 0.25) is 0 Å². The summed E-state index contributed by atoms with van der Waals surface area (Å²) >= 11 is 1.39. The van der Waals surface area contributed by atoms with E-state index in [2.05, 4.69) is 18.7 Å². The molecule has 0 aliphatic carbocycles. The third-order valence-electron chi connectivity index (χ3n) is 5.23. The van der Waals surface area contributed by atoms with Crippen LogP contribution in [0.5, 0.6) is 0 Å². The van der Waals surface area contributed by atoms with E-state index in [4.69, 9.17) is 0 Å². The van der Waals surface area contributed by atoms with Crippen molar-refractivity contribution in [2.24, 2.45) is 0 Å². The van der Waals surface area contributed by atoms with E-state index >= 15 is 0 Å². The smallest absolute Gasteiger partial charge is 0.269 e. The third kappa shape index (κ3) is 4.58. The van der Waals surface area contributed by atoms with Gasteiger partial charge in [-0.25, -0.2) is 0 Å². The highest BCUT2D eigenvalue weighted by molar-refractivity contribution is 7.10. The summed E-state index contributed by atoms with van der Waals surface area (Å²) in [4.78, 5) is 18.5. The van der Waals surface area contributed by atoms with Crippen LogP contribution in [-0.2, 0) is 10.4 Å². The molecule has 1 unspecified atom stereocenters. The number of hydrogen-bond acceptors (Lipinski definition) is 4. The summed E-state index contributed by atoms with van der Waals surface area (Å²) < 4.78 is 0. The second-order valence-corrected chi connectivity index (χ2v) is 7.82. The van der Waals surface area contributed by atoms with Gasteiger partial charge in [0.15, 0.2) is 0 Å². The topological polar surface area (TPSA) is 43.8 Å². The quantitative estimate of drug-likeness (QED) is 0.572. The molecule has 3 aromatic rings. The lowest BCUT2D eigenvalue weighted by Crippen LogP contribution is -2.50. The lowest BCUT2D eigenvalue weighted by molar-refractivity contribution is -0.133. The molecule has 3 rings (SSSR count). The molecule has 152 valence electrons. The molecular formula is C24H28N2O2S. The Morgan fingerprint density at radius 1 is 0.897 bits per heavy atom. The Kier molecular flexibility index (Phi) is 7.20. The van der Waals surface area contributed by atoms with Crippen LogP contribution in [0.25, 0.3) is 0 Å². The van der Waals surface area contributed by atoms with Crippen molar-refractivity contribution in [1.29, 1.82) is 0 Å². The predicted molar refractivity (Wildman–Crippen MR) is 120 cm³/mol. The Hall–Kier alpha value is -2.47. The number of likely N-dealkylation sites (N-methyl/N-ethyl adjacent to an activating group) is 1. The fourth-order valence-electron chi connectivity index (χ4n) is 3.47. The maximum Gasteiger partial charge on any atom is 0.269 e. The summed E-state index contributed by atoms with van der Waals surface area (Å²) in [5.41, 5.74) is -0.360. The summed E-state index contributed by atoms with van der Waals surface area (Å²) in [6, 6.07) is 22.5. The Morgan fingerprint density at radius 3 is 2.07 bits per heavy atom. The SMILES string of the molecule is CCN(CC)CCN(C(=O)C(O)(c1ccccc1)c1cccs1)c1ccccc1. The first-order valence-electron chi connectivity index (χ1n) is 10.0.